The van der Waals surface area contributed by atoms with Crippen LogP contribution in [0.15, 0.2) is 53.5 Å². The average molecular weight is 555 g/mol. The lowest BCUT2D eigenvalue weighted by atomic mass is 9.80. The lowest BCUT2D eigenvalue weighted by Gasteiger charge is -2.27. The molecule has 3 aromatic carbocycles. The third kappa shape index (κ3) is 4.76. The van der Waals surface area contributed by atoms with Gasteiger partial charge in [-0.3, -0.25) is 14.5 Å². The van der Waals surface area contributed by atoms with Crippen LogP contribution in [0.5, 0.6) is 5.75 Å². The number of carboxylic acid groups (broad SMARTS) is 1. The van der Waals surface area contributed by atoms with Gasteiger partial charge in [0.15, 0.2) is 11.5 Å². The summed E-state index contributed by atoms with van der Waals surface area (Å²) in [5, 5.41) is 17.8. The number of halogens is 3. The van der Waals surface area contributed by atoms with Crippen molar-refractivity contribution in [2.75, 3.05) is 13.7 Å². The molecule has 2 aliphatic rings. The molecule has 0 spiro atoms. The first-order valence-electron chi connectivity index (χ1n) is 11.3. The van der Waals surface area contributed by atoms with E-state index in [1.165, 1.54) is 24.1 Å². The van der Waals surface area contributed by atoms with Crippen LogP contribution in [0.2, 0.25) is 10.0 Å². The monoisotopic (exact) mass is 554 g/mol. The van der Waals surface area contributed by atoms with Crippen LogP contribution < -0.4 is 10.5 Å². The Morgan fingerprint density at radius 2 is 1.84 bits per heavy atom. The van der Waals surface area contributed by atoms with Gasteiger partial charge in [0.25, 0.3) is 11.9 Å². The van der Waals surface area contributed by atoms with Crippen LogP contribution in [-0.2, 0) is 21.5 Å². The number of fused-ring (bicyclic) bond motifs is 1. The number of nitrogens with zero attached hydrogens (tertiary/aromatic N) is 3. The third-order valence-corrected chi connectivity index (χ3v) is 6.56. The van der Waals surface area contributed by atoms with Crippen LogP contribution in [0.4, 0.5) is 4.39 Å². The van der Waals surface area contributed by atoms with E-state index in [1.807, 2.05) is 0 Å². The lowest BCUT2D eigenvalue weighted by Crippen LogP contribution is -2.41. The first kappa shape index (κ1) is 26.9. The zero-order valence-electron chi connectivity index (χ0n) is 20.3. The fraction of sp³-hybridized carbons (Fsp3) is 0.185. The number of benzene rings is 3. The Kier molecular flexibility index (Phi) is 7.31. The molecule has 38 heavy (non-hydrogen) atoms. The van der Waals surface area contributed by atoms with Gasteiger partial charge in [0.1, 0.15) is 17.6 Å². The number of hydrogen-bond donors (Lipinski definition) is 2. The maximum atomic E-state index is 15.0. The van der Waals surface area contributed by atoms with Gasteiger partial charge in [-0.05, 0) is 64.7 Å². The molecule has 11 heteroatoms. The zero-order valence-corrected chi connectivity index (χ0v) is 21.8. The standard InChI is InChI=1S/C25H17Cl2FN4O2.C2H4O2/c1-32-23(33)25(31-24(32)30,17-6-13-4-5-34-22(13)15(7-17)12-29)16-2-3-21(28)20(10-16)14-8-18(26)11-19(27)9-14;1-2(3)4/h2-3,6-11H,4-5H2,1H3,(H2,30,31);1H3,(H,3,4). The summed E-state index contributed by atoms with van der Waals surface area (Å²) in [7, 11) is 1.52. The minimum Gasteiger partial charge on any atom is -0.492 e. The normalized spacial score (nSPS) is 17.6. The van der Waals surface area contributed by atoms with E-state index in [0.29, 0.717) is 51.1 Å². The molecule has 2 heterocycles. The summed E-state index contributed by atoms with van der Waals surface area (Å²) < 4.78 is 20.6. The van der Waals surface area contributed by atoms with Crippen LogP contribution in [0.1, 0.15) is 29.2 Å². The number of amides is 1. The molecule has 5 rings (SSSR count). The molecule has 0 aromatic heterocycles. The van der Waals surface area contributed by atoms with Crippen LogP contribution >= 0.6 is 23.2 Å². The number of rotatable bonds is 3. The molecular formula is C27H21Cl2FN4O4. The number of aliphatic imine (C=N–C) groups is 1. The van der Waals surface area contributed by atoms with Crippen molar-refractivity contribution in [3.63, 3.8) is 0 Å². The molecular weight excluding hydrogens is 534 g/mol. The first-order valence-corrected chi connectivity index (χ1v) is 12.0. The predicted molar refractivity (Wildman–Crippen MR) is 141 cm³/mol. The maximum Gasteiger partial charge on any atom is 0.300 e. The van der Waals surface area contributed by atoms with E-state index in [2.05, 4.69) is 11.1 Å². The van der Waals surface area contributed by atoms with E-state index in [9.17, 15) is 14.4 Å². The zero-order chi connectivity index (χ0) is 27.8. The van der Waals surface area contributed by atoms with Crippen molar-refractivity contribution in [3.8, 4) is 22.9 Å². The molecule has 0 fully saturated rings. The second kappa shape index (κ2) is 10.3. The number of carbonyl (C=O) groups excluding carboxylic acids is 1. The van der Waals surface area contributed by atoms with Gasteiger partial charge in [0.05, 0.1) is 12.2 Å². The summed E-state index contributed by atoms with van der Waals surface area (Å²) in [6.07, 6.45) is 0.590. The van der Waals surface area contributed by atoms with Gasteiger partial charge in [0, 0.05) is 36.0 Å². The number of likely N-dealkylation sites (N-methyl/N-ethyl adjacent to an activating group) is 1. The Bertz CT molecular complexity index is 1530. The van der Waals surface area contributed by atoms with Gasteiger partial charge >= 0.3 is 0 Å². The number of hydrogen-bond acceptors (Lipinski definition) is 6. The lowest BCUT2D eigenvalue weighted by molar-refractivity contribution is -0.134. The largest absolute Gasteiger partial charge is 0.492 e. The van der Waals surface area contributed by atoms with Crippen molar-refractivity contribution in [2.45, 2.75) is 18.9 Å². The number of carboxylic acids is 1. The summed E-state index contributed by atoms with van der Waals surface area (Å²) >= 11 is 12.3. The Morgan fingerprint density at radius 3 is 2.42 bits per heavy atom. The van der Waals surface area contributed by atoms with E-state index in [-0.39, 0.29) is 11.5 Å². The van der Waals surface area contributed by atoms with Crippen molar-refractivity contribution >= 4 is 41.0 Å². The molecule has 0 saturated heterocycles. The Labute approximate surface area is 227 Å². The fourth-order valence-corrected chi connectivity index (χ4v) is 4.99. The SMILES string of the molecule is CC(=O)O.CN1C(=O)C(c2cc(C#N)c3c(c2)CCO3)(c2ccc(F)c(-c3cc(Cl)cc(Cl)c3)c2)N=C1N. The fourth-order valence-electron chi connectivity index (χ4n) is 4.47. The molecule has 1 atom stereocenters. The molecule has 3 aromatic rings. The van der Waals surface area contributed by atoms with Crippen LogP contribution in [0, 0.1) is 17.1 Å². The third-order valence-electron chi connectivity index (χ3n) is 6.12. The number of carbonyl (C=O) groups is 2. The summed E-state index contributed by atoms with van der Waals surface area (Å²) in [4.78, 5) is 28.5. The smallest absolute Gasteiger partial charge is 0.300 e. The molecule has 8 nitrogen and oxygen atoms in total. The van der Waals surface area contributed by atoms with Gasteiger partial charge in [-0.15, -0.1) is 0 Å². The number of ether oxygens (including phenoxy) is 1. The highest BCUT2D eigenvalue weighted by Gasteiger charge is 2.50. The summed E-state index contributed by atoms with van der Waals surface area (Å²) in [6, 6.07) is 14.5. The number of guanidine groups is 1. The van der Waals surface area contributed by atoms with Crippen LogP contribution in [-0.4, -0.2) is 41.5 Å². The highest BCUT2D eigenvalue weighted by atomic mass is 35.5. The molecule has 0 radical (unpaired) electrons. The van der Waals surface area contributed by atoms with E-state index >= 15 is 0 Å². The van der Waals surface area contributed by atoms with E-state index < -0.39 is 23.2 Å². The predicted octanol–water partition coefficient (Wildman–Crippen LogP) is 4.73. The van der Waals surface area contributed by atoms with Gasteiger partial charge < -0.3 is 15.6 Å². The number of nitrogens with two attached hydrogens (primary N) is 1. The van der Waals surface area contributed by atoms with Crippen molar-refractivity contribution in [3.05, 3.63) is 86.6 Å². The molecule has 3 N–H and O–H groups in total. The minimum atomic E-state index is -1.60. The van der Waals surface area contributed by atoms with E-state index in [0.717, 1.165) is 12.5 Å². The van der Waals surface area contributed by atoms with E-state index in [4.69, 9.17) is 43.6 Å². The van der Waals surface area contributed by atoms with E-state index in [1.54, 1.807) is 36.4 Å². The molecule has 0 aliphatic carbocycles. The van der Waals surface area contributed by atoms with Crippen LogP contribution in [0.3, 0.4) is 0 Å². The molecule has 1 amide bonds. The highest BCUT2D eigenvalue weighted by Crippen LogP contribution is 2.44. The Morgan fingerprint density at radius 1 is 1.18 bits per heavy atom. The van der Waals surface area contributed by atoms with Gasteiger partial charge in [-0.1, -0.05) is 29.3 Å². The van der Waals surface area contributed by atoms with Crippen molar-refractivity contribution in [1.29, 1.82) is 5.26 Å². The van der Waals surface area contributed by atoms with Crippen molar-refractivity contribution in [2.24, 2.45) is 10.7 Å². The maximum absolute atomic E-state index is 15.0. The van der Waals surface area contributed by atoms with Crippen molar-refractivity contribution in [1.82, 2.24) is 4.90 Å². The Hall–Kier alpha value is -4.13. The molecule has 194 valence electrons. The van der Waals surface area contributed by atoms with Gasteiger partial charge in [-0.25, -0.2) is 9.38 Å². The number of aliphatic carboxylic acids is 1. The molecule has 2 aliphatic heterocycles. The second-order valence-electron chi connectivity index (χ2n) is 8.64. The van der Waals surface area contributed by atoms with Gasteiger partial charge in [0.2, 0.25) is 0 Å². The van der Waals surface area contributed by atoms with Crippen molar-refractivity contribution < 1.29 is 23.8 Å². The minimum absolute atomic E-state index is 0.0110. The highest BCUT2D eigenvalue weighted by molar-refractivity contribution is 6.35. The topological polar surface area (TPSA) is 129 Å². The number of nitriles is 1. The molecule has 0 saturated carbocycles. The average Bonchev–Trinajstić information content (AvgIpc) is 3.42. The molecule has 0 bridgehead atoms. The first-order chi connectivity index (χ1) is 18.0. The summed E-state index contributed by atoms with van der Waals surface area (Å²) in [6.45, 7) is 1.52. The summed E-state index contributed by atoms with van der Waals surface area (Å²) in [5.74, 6) is -1.26. The van der Waals surface area contributed by atoms with Crippen LogP contribution in [0.25, 0.3) is 11.1 Å². The summed E-state index contributed by atoms with van der Waals surface area (Å²) in [5.41, 5.74) is 7.05. The Balaban J connectivity index is 0.000000786. The molecule has 1 unspecified atom stereocenters. The van der Waals surface area contributed by atoms with Gasteiger partial charge in [-0.2, -0.15) is 5.26 Å². The second-order valence-corrected chi connectivity index (χ2v) is 9.51. The quantitative estimate of drug-likeness (QED) is 0.481.